The number of benzene rings is 1. The van der Waals surface area contributed by atoms with Crippen LogP contribution in [0.15, 0.2) is 18.2 Å². The van der Waals surface area contributed by atoms with E-state index in [-0.39, 0.29) is 5.91 Å². The van der Waals surface area contributed by atoms with Gasteiger partial charge in [-0.1, -0.05) is 17.7 Å². The Morgan fingerprint density at radius 3 is 2.74 bits per heavy atom. The molecule has 0 radical (unpaired) electrons. The highest BCUT2D eigenvalue weighted by atomic mass is 35.5. The third-order valence-electron chi connectivity index (χ3n) is 3.30. The monoisotopic (exact) mass is 282 g/mol. The summed E-state index contributed by atoms with van der Waals surface area (Å²) >= 11 is 6.11. The molecule has 1 saturated heterocycles. The topological polar surface area (TPSA) is 55.6 Å². The number of halogens is 1. The van der Waals surface area contributed by atoms with Crippen LogP contribution < -0.4 is 10.5 Å². The minimum absolute atomic E-state index is 0.0245. The molecular formula is C14H19ClN2O2. The molecule has 0 aromatic heterocycles. The van der Waals surface area contributed by atoms with Gasteiger partial charge >= 0.3 is 0 Å². The molecule has 0 aliphatic carbocycles. The molecule has 0 spiro atoms. The van der Waals surface area contributed by atoms with Crippen molar-refractivity contribution < 1.29 is 9.53 Å². The predicted molar refractivity (Wildman–Crippen MR) is 75.2 cm³/mol. The van der Waals surface area contributed by atoms with E-state index in [1.165, 1.54) is 0 Å². The molecule has 0 bridgehead atoms. The van der Waals surface area contributed by atoms with Crippen LogP contribution in [-0.4, -0.2) is 30.0 Å². The van der Waals surface area contributed by atoms with E-state index >= 15 is 0 Å². The van der Waals surface area contributed by atoms with Gasteiger partial charge in [-0.25, -0.2) is 0 Å². The standard InChI is InChI=1S/C14H19ClN2O2/c1-10(14(18)17-6-2-3-7-17)19-13-5-4-11(9-16)8-12(13)15/h4-5,8,10H,2-3,6-7,9,16H2,1H3. The maximum absolute atomic E-state index is 12.1. The number of carbonyl (C=O) groups is 1. The second kappa shape index (κ2) is 6.26. The Kier molecular flexibility index (Phi) is 4.66. The van der Waals surface area contributed by atoms with Crippen LogP contribution in [0.4, 0.5) is 0 Å². The Morgan fingerprint density at radius 2 is 2.16 bits per heavy atom. The summed E-state index contributed by atoms with van der Waals surface area (Å²) in [6, 6.07) is 5.39. The summed E-state index contributed by atoms with van der Waals surface area (Å²) in [6.07, 6.45) is 1.63. The number of nitrogens with two attached hydrogens (primary N) is 1. The smallest absolute Gasteiger partial charge is 0.263 e. The molecule has 1 fully saturated rings. The SMILES string of the molecule is CC(Oc1ccc(CN)cc1Cl)C(=O)N1CCCC1. The van der Waals surface area contributed by atoms with Crippen molar-refractivity contribution in [1.29, 1.82) is 0 Å². The lowest BCUT2D eigenvalue weighted by Crippen LogP contribution is -2.38. The number of hydrogen-bond acceptors (Lipinski definition) is 3. The first-order valence-corrected chi connectivity index (χ1v) is 6.93. The lowest BCUT2D eigenvalue weighted by atomic mass is 10.2. The number of hydrogen-bond donors (Lipinski definition) is 1. The number of ether oxygens (including phenoxy) is 1. The Morgan fingerprint density at radius 1 is 1.47 bits per heavy atom. The number of likely N-dealkylation sites (tertiary alicyclic amines) is 1. The number of amides is 1. The van der Waals surface area contributed by atoms with Gasteiger partial charge < -0.3 is 15.4 Å². The van der Waals surface area contributed by atoms with E-state index in [1.807, 2.05) is 11.0 Å². The van der Waals surface area contributed by atoms with Crippen molar-refractivity contribution in [2.24, 2.45) is 5.73 Å². The minimum atomic E-state index is -0.515. The third-order valence-corrected chi connectivity index (χ3v) is 3.60. The lowest BCUT2D eigenvalue weighted by Gasteiger charge is -2.21. The highest BCUT2D eigenvalue weighted by molar-refractivity contribution is 6.32. The molecule has 2 rings (SSSR count). The molecule has 1 atom stereocenters. The summed E-state index contributed by atoms with van der Waals surface area (Å²) < 4.78 is 5.65. The first kappa shape index (κ1) is 14.2. The van der Waals surface area contributed by atoms with Gasteiger partial charge in [0, 0.05) is 19.6 Å². The molecule has 1 aliphatic rings. The maximum atomic E-state index is 12.1. The molecule has 0 saturated carbocycles. The zero-order valence-corrected chi connectivity index (χ0v) is 11.8. The normalized spacial score (nSPS) is 16.5. The molecule has 104 valence electrons. The van der Waals surface area contributed by atoms with Crippen LogP contribution in [0.1, 0.15) is 25.3 Å². The Bertz CT molecular complexity index is 459. The summed E-state index contributed by atoms with van der Waals surface area (Å²) in [4.78, 5) is 14.0. The van der Waals surface area contributed by atoms with Gasteiger partial charge in [-0.05, 0) is 37.5 Å². The predicted octanol–water partition coefficient (Wildman–Crippen LogP) is 2.19. The van der Waals surface area contributed by atoms with E-state index in [1.54, 1.807) is 19.1 Å². The molecule has 1 unspecified atom stereocenters. The lowest BCUT2D eigenvalue weighted by molar-refractivity contribution is -0.136. The summed E-state index contributed by atoms with van der Waals surface area (Å²) in [7, 11) is 0. The average molecular weight is 283 g/mol. The van der Waals surface area contributed by atoms with Crippen LogP contribution in [0, 0.1) is 0 Å². The van der Waals surface area contributed by atoms with Crippen molar-refractivity contribution in [2.75, 3.05) is 13.1 Å². The summed E-state index contributed by atoms with van der Waals surface area (Å²) in [6.45, 7) is 3.84. The number of rotatable bonds is 4. The molecule has 1 amide bonds. The zero-order chi connectivity index (χ0) is 13.8. The average Bonchev–Trinajstić information content (AvgIpc) is 2.94. The van der Waals surface area contributed by atoms with Crippen LogP contribution >= 0.6 is 11.6 Å². The second-order valence-corrected chi connectivity index (χ2v) is 5.17. The Hall–Kier alpha value is -1.26. The van der Waals surface area contributed by atoms with Gasteiger partial charge in [-0.3, -0.25) is 4.79 Å². The van der Waals surface area contributed by atoms with Crippen LogP contribution in [-0.2, 0) is 11.3 Å². The van der Waals surface area contributed by atoms with Gasteiger partial charge in [0.15, 0.2) is 6.10 Å². The van der Waals surface area contributed by atoms with Crippen molar-refractivity contribution in [1.82, 2.24) is 4.90 Å². The highest BCUT2D eigenvalue weighted by Gasteiger charge is 2.24. The maximum Gasteiger partial charge on any atom is 0.263 e. The van der Waals surface area contributed by atoms with Gasteiger partial charge in [0.2, 0.25) is 0 Å². The fraction of sp³-hybridized carbons (Fsp3) is 0.500. The fourth-order valence-corrected chi connectivity index (χ4v) is 2.45. The van der Waals surface area contributed by atoms with Crippen molar-refractivity contribution >= 4 is 17.5 Å². The van der Waals surface area contributed by atoms with Crippen LogP contribution in [0.5, 0.6) is 5.75 Å². The van der Waals surface area contributed by atoms with E-state index in [0.717, 1.165) is 31.5 Å². The quantitative estimate of drug-likeness (QED) is 0.921. The molecule has 1 heterocycles. The molecule has 1 aliphatic heterocycles. The summed E-state index contributed by atoms with van der Waals surface area (Å²) in [5.41, 5.74) is 6.48. The van der Waals surface area contributed by atoms with E-state index in [9.17, 15) is 4.79 Å². The van der Waals surface area contributed by atoms with Gasteiger partial charge in [-0.2, -0.15) is 0 Å². The summed E-state index contributed by atoms with van der Waals surface area (Å²) in [5, 5.41) is 0.490. The van der Waals surface area contributed by atoms with E-state index in [4.69, 9.17) is 22.1 Å². The Balaban J connectivity index is 2.01. The van der Waals surface area contributed by atoms with Gasteiger partial charge in [-0.15, -0.1) is 0 Å². The van der Waals surface area contributed by atoms with Crippen molar-refractivity contribution in [3.05, 3.63) is 28.8 Å². The third kappa shape index (κ3) is 3.39. The molecule has 1 aromatic carbocycles. The molecule has 2 N–H and O–H groups in total. The van der Waals surface area contributed by atoms with Gasteiger partial charge in [0.05, 0.1) is 5.02 Å². The number of carbonyl (C=O) groups excluding carboxylic acids is 1. The molecule has 5 heteroatoms. The van der Waals surface area contributed by atoms with Crippen molar-refractivity contribution in [2.45, 2.75) is 32.4 Å². The van der Waals surface area contributed by atoms with Gasteiger partial charge in [0.1, 0.15) is 5.75 Å². The molecule has 1 aromatic rings. The molecule has 19 heavy (non-hydrogen) atoms. The van der Waals surface area contributed by atoms with Crippen LogP contribution in [0.25, 0.3) is 0 Å². The van der Waals surface area contributed by atoms with Crippen LogP contribution in [0.3, 0.4) is 0 Å². The fourth-order valence-electron chi connectivity index (χ4n) is 2.20. The van der Waals surface area contributed by atoms with Crippen LogP contribution in [0.2, 0.25) is 5.02 Å². The van der Waals surface area contributed by atoms with Gasteiger partial charge in [0.25, 0.3) is 5.91 Å². The highest BCUT2D eigenvalue weighted by Crippen LogP contribution is 2.26. The van der Waals surface area contributed by atoms with E-state index in [0.29, 0.717) is 17.3 Å². The van der Waals surface area contributed by atoms with Crippen molar-refractivity contribution in [3.63, 3.8) is 0 Å². The molecule has 4 nitrogen and oxygen atoms in total. The largest absolute Gasteiger partial charge is 0.479 e. The molecular weight excluding hydrogens is 264 g/mol. The van der Waals surface area contributed by atoms with E-state index in [2.05, 4.69) is 0 Å². The van der Waals surface area contributed by atoms with Crippen molar-refractivity contribution in [3.8, 4) is 5.75 Å². The number of nitrogens with zero attached hydrogens (tertiary/aromatic N) is 1. The first-order valence-electron chi connectivity index (χ1n) is 6.55. The second-order valence-electron chi connectivity index (χ2n) is 4.76. The minimum Gasteiger partial charge on any atom is -0.479 e. The Labute approximate surface area is 118 Å². The van der Waals surface area contributed by atoms with E-state index < -0.39 is 6.10 Å². The first-order chi connectivity index (χ1) is 9.11. The zero-order valence-electron chi connectivity index (χ0n) is 11.1. The summed E-state index contributed by atoms with van der Waals surface area (Å²) in [5.74, 6) is 0.551.